The molecule has 0 atom stereocenters. The molecule has 0 bridgehead atoms. The summed E-state index contributed by atoms with van der Waals surface area (Å²) in [7, 11) is 0. The van der Waals surface area contributed by atoms with Crippen molar-refractivity contribution in [1.82, 2.24) is 10.3 Å². The Labute approximate surface area is 162 Å². The summed E-state index contributed by atoms with van der Waals surface area (Å²) in [5.74, 6) is 0.236. The monoisotopic (exact) mass is 384 g/mol. The van der Waals surface area contributed by atoms with Crippen LogP contribution in [-0.2, 0) is 11.2 Å². The molecular formula is C21H21FN2O2S. The number of amides is 1. The predicted molar refractivity (Wildman–Crippen MR) is 106 cm³/mol. The number of aryl methyl sites for hydroxylation is 2. The largest absolute Gasteiger partial charge is 0.484 e. The Kier molecular flexibility index (Phi) is 6.19. The lowest BCUT2D eigenvalue weighted by molar-refractivity contribution is -0.123. The van der Waals surface area contributed by atoms with E-state index in [4.69, 9.17) is 4.74 Å². The molecule has 0 spiro atoms. The molecular weight excluding hydrogens is 363 g/mol. The number of thiazole rings is 1. The minimum Gasteiger partial charge on any atom is -0.484 e. The number of carbonyl (C=O) groups is 1. The van der Waals surface area contributed by atoms with Crippen LogP contribution < -0.4 is 10.1 Å². The first-order valence-electron chi connectivity index (χ1n) is 8.69. The van der Waals surface area contributed by atoms with Gasteiger partial charge in [-0.3, -0.25) is 4.79 Å². The maximum absolute atomic E-state index is 13.4. The van der Waals surface area contributed by atoms with E-state index < -0.39 is 0 Å². The molecule has 0 radical (unpaired) electrons. The molecule has 6 heteroatoms. The van der Waals surface area contributed by atoms with Crippen LogP contribution in [0.2, 0.25) is 0 Å². The second-order valence-electron chi connectivity index (χ2n) is 6.24. The van der Waals surface area contributed by atoms with Crippen molar-refractivity contribution in [3.8, 4) is 16.3 Å². The normalized spacial score (nSPS) is 10.6. The van der Waals surface area contributed by atoms with Crippen LogP contribution in [0, 0.1) is 19.7 Å². The Hall–Kier alpha value is -2.73. The van der Waals surface area contributed by atoms with Gasteiger partial charge in [0.25, 0.3) is 5.91 Å². The molecule has 3 rings (SSSR count). The lowest BCUT2D eigenvalue weighted by Crippen LogP contribution is -2.30. The maximum atomic E-state index is 13.4. The fraction of sp³-hybridized carbons (Fsp3) is 0.238. The molecule has 2 aromatic carbocycles. The maximum Gasteiger partial charge on any atom is 0.257 e. The van der Waals surface area contributed by atoms with Crippen LogP contribution in [0.4, 0.5) is 4.39 Å². The highest BCUT2D eigenvalue weighted by Crippen LogP contribution is 2.28. The molecule has 0 fully saturated rings. The van der Waals surface area contributed by atoms with Crippen LogP contribution in [0.15, 0.2) is 48.5 Å². The first-order chi connectivity index (χ1) is 13.0. The number of ether oxygens (including phenoxy) is 1. The quantitative estimate of drug-likeness (QED) is 0.661. The van der Waals surface area contributed by atoms with Crippen LogP contribution in [-0.4, -0.2) is 24.0 Å². The van der Waals surface area contributed by atoms with Crippen molar-refractivity contribution in [2.75, 3.05) is 13.2 Å². The van der Waals surface area contributed by atoms with E-state index in [1.54, 1.807) is 6.07 Å². The Bertz CT molecular complexity index is 922. The third-order valence-corrected chi connectivity index (χ3v) is 5.30. The van der Waals surface area contributed by atoms with Crippen molar-refractivity contribution in [2.45, 2.75) is 20.3 Å². The lowest BCUT2D eigenvalue weighted by Gasteiger charge is -2.07. The van der Waals surface area contributed by atoms with E-state index in [0.717, 1.165) is 26.7 Å². The van der Waals surface area contributed by atoms with Gasteiger partial charge < -0.3 is 10.1 Å². The molecule has 0 saturated carbocycles. The number of halogens is 1. The average Bonchev–Trinajstić information content (AvgIpc) is 3.02. The van der Waals surface area contributed by atoms with Crippen molar-refractivity contribution in [1.29, 1.82) is 0 Å². The highest BCUT2D eigenvalue weighted by atomic mass is 32.1. The number of benzene rings is 2. The Morgan fingerprint density at radius 2 is 1.96 bits per heavy atom. The summed E-state index contributed by atoms with van der Waals surface area (Å²) in [4.78, 5) is 17.5. The highest BCUT2D eigenvalue weighted by Gasteiger charge is 2.11. The minimum absolute atomic E-state index is 0.0146. The fourth-order valence-electron chi connectivity index (χ4n) is 2.55. The first-order valence-corrected chi connectivity index (χ1v) is 9.51. The van der Waals surface area contributed by atoms with Gasteiger partial charge in [0.2, 0.25) is 0 Å². The van der Waals surface area contributed by atoms with Crippen molar-refractivity contribution < 1.29 is 13.9 Å². The zero-order chi connectivity index (χ0) is 19.2. The molecule has 1 N–H and O–H groups in total. The van der Waals surface area contributed by atoms with Crippen molar-refractivity contribution in [2.24, 2.45) is 0 Å². The van der Waals surface area contributed by atoms with Gasteiger partial charge >= 0.3 is 0 Å². The van der Waals surface area contributed by atoms with Gasteiger partial charge in [0.1, 0.15) is 16.6 Å². The summed E-state index contributed by atoms with van der Waals surface area (Å²) in [5.41, 5.74) is 2.82. The average molecular weight is 384 g/mol. The smallest absolute Gasteiger partial charge is 0.257 e. The van der Waals surface area contributed by atoms with Gasteiger partial charge in [0, 0.05) is 23.4 Å². The molecule has 27 heavy (non-hydrogen) atoms. The first kappa shape index (κ1) is 19.0. The lowest BCUT2D eigenvalue weighted by atomic mass is 10.2. The van der Waals surface area contributed by atoms with Crippen molar-refractivity contribution in [3.63, 3.8) is 0 Å². The summed E-state index contributed by atoms with van der Waals surface area (Å²) in [6.07, 6.45) is 0.676. The van der Waals surface area contributed by atoms with Gasteiger partial charge in [0.05, 0.1) is 5.69 Å². The van der Waals surface area contributed by atoms with Gasteiger partial charge in [-0.05, 0) is 38.1 Å². The molecule has 0 aliphatic heterocycles. The topological polar surface area (TPSA) is 51.2 Å². The molecule has 0 unspecified atom stereocenters. The number of nitrogens with zero attached hydrogens (tertiary/aromatic N) is 1. The Morgan fingerprint density at radius 3 is 2.70 bits per heavy atom. The van der Waals surface area contributed by atoms with Crippen LogP contribution >= 0.6 is 11.3 Å². The standard InChI is InChI=1S/C21H21FN2O2S/c1-14-6-8-18(9-7-14)26-13-20(25)23-11-10-19-15(2)24-21(27-19)16-4-3-5-17(22)12-16/h3-9,12H,10-11,13H2,1-2H3,(H,23,25). The molecule has 0 aliphatic carbocycles. The molecule has 3 aromatic rings. The van der Waals surface area contributed by atoms with Gasteiger partial charge in [0.15, 0.2) is 6.61 Å². The third kappa shape index (κ3) is 5.37. The van der Waals surface area contributed by atoms with Gasteiger partial charge in [-0.1, -0.05) is 29.8 Å². The summed E-state index contributed by atoms with van der Waals surface area (Å²) in [6.45, 7) is 4.41. The van der Waals surface area contributed by atoms with Crippen LogP contribution in [0.3, 0.4) is 0 Å². The highest BCUT2D eigenvalue weighted by molar-refractivity contribution is 7.15. The third-order valence-electron chi connectivity index (χ3n) is 4.03. The minimum atomic E-state index is -0.275. The number of hydrogen-bond donors (Lipinski definition) is 1. The number of rotatable bonds is 7. The van der Waals surface area contributed by atoms with E-state index in [9.17, 15) is 9.18 Å². The van der Waals surface area contributed by atoms with Gasteiger partial charge in [-0.2, -0.15) is 0 Å². The van der Waals surface area contributed by atoms with Crippen molar-refractivity contribution in [3.05, 3.63) is 70.5 Å². The molecule has 1 amide bonds. The number of nitrogens with one attached hydrogen (secondary N) is 1. The summed E-state index contributed by atoms with van der Waals surface area (Å²) >= 11 is 1.52. The zero-order valence-electron chi connectivity index (χ0n) is 15.3. The number of aromatic nitrogens is 1. The predicted octanol–water partition coefficient (Wildman–Crippen LogP) is 4.30. The molecule has 140 valence electrons. The molecule has 4 nitrogen and oxygen atoms in total. The molecule has 1 heterocycles. The Balaban J connectivity index is 1.48. The van der Waals surface area contributed by atoms with E-state index in [2.05, 4.69) is 10.3 Å². The van der Waals surface area contributed by atoms with E-state index in [1.165, 1.54) is 23.5 Å². The van der Waals surface area contributed by atoms with Gasteiger partial charge in [-0.25, -0.2) is 9.37 Å². The van der Waals surface area contributed by atoms with E-state index in [0.29, 0.717) is 18.7 Å². The SMILES string of the molecule is Cc1ccc(OCC(=O)NCCc2sc(-c3cccc(F)c3)nc2C)cc1. The van der Waals surface area contributed by atoms with E-state index in [-0.39, 0.29) is 18.3 Å². The van der Waals surface area contributed by atoms with Gasteiger partial charge in [-0.15, -0.1) is 11.3 Å². The summed E-state index contributed by atoms with van der Waals surface area (Å²) in [5, 5.41) is 3.64. The van der Waals surface area contributed by atoms with Crippen LogP contribution in [0.1, 0.15) is 16.1 Å². The zero-order valence-corrected chi connectivity index (χ0v) is 16.1. The van der Waals surface area contributed by atoms with E-state index in [1.807, 2.05) is 44.2 Å². The van der Waals surface area contributed by atoms with Crippen molar-refractivity contribution >= 4 is 17.2 Å². The second kappa shape index (κ2) is 8.77. The fourth-order valence-corrected chi connectivity index (χ4v) is 3.61. The number of hydrogen-bond acceptors (Lipinski definition) is 4. The second-order valence-corrected chi connectivity index (χ2v) is 7.32. The number of carbonyl (C=O) groups excluding carboxylic acids is 1. The van der Waals surface area contributed by atoms with E-state index >= 15 is 0 Å². The summed E-state index contributed by atoms with van der Waals surface area (Å²) < 4.78 is 18.8. The summed E-state index contributed by atoms with van der Waals surface area (Å²) in [6, 6.07) is 14.0. The van der Waals surface area contributed by atoms with Crippen LogP contribution in [0.25, 0.3) is 10.6 Å². The van der Waals surface area contributed by atoms with Crippen LogP contribution in [0.5, 0.6) is 5.75 Å². The Morgan fingerprint density at radius 1 is 1.19 bits per heavy atom. The molecule has 1 aromatic heterocycles. The molecule has 0 saturated heterocycles. The molecule has 0 aliphatic rings.